The van der Waals surface area contributed by atoms with Crippen molar-refractivity contribution in [3.8, 4) is 0 Å². The van der Waals surface area contributed by atoms with E-state index in [0.29, 0.717) is 19.0 Å². The Bertz CT molecular complexity index is 833. The van der Waals surface area contributed by atoms with E-state index < -0.39 is 15.7 Å². The monoisotopic (exact) mass is 367 g/mol. The fourth-order valence-electron chi connectivity index (χ4n) is 2.17. The Morgan fingerprint density at radius 2 is 2.04 bits per heavy atom. The molecule has 2 aromatic rings. The smallest absolute Gasteiger partial charge is 0.191 e. The van der Waals surface area contributed by atoms with Crippen molar-refractivity contribution in [1.29, 1.82) is 0 Å². The van der Waals surface area contributed by atoms with Crippen LogP contribution in [0.4, 0.5) is 4.39 Å². The zero-order chi connectivity index (χ0) is 18.3. The summed E-state index contributed by atoms with van der Waals surface area (Å²) in [7, 11) is -1.88. The van der Waals surface area contributed by atoms with Crippen LogP contribution >= 0.6 is 0 Å². The van der Waals surface area contributed by atoms with Crippen LogP contribution in [0.25, 0.3) is 0 Å². The molecule has 0 spiro atoms. The van der Waals surface area contributed by atoms with Crippen LogP contribution in [0.2, 0.25) is 0 Å². The van der Waals surface area contributed by atoms with Crippen molar-refractivity contribution in [2.75, 3.05) is 18.8 Å². The van der Waals surface area contributed by atoms with Gasteiger partial charge in [0.05, 0.1) is 18.0 Å². The molecule has 0 aliphatic rings. The zero-order valence-corrected chi connectivity index (χ0v) is 15.1. The van der Waals surface area contributed by atoms with Gasteiger partial charge >= 0.3 is 0 Å². The van der Waals surface area contributed by atoms with Gasteiger partial charge in [-0.05, 0) is 25.1 Å². The second-order valence-corrected chi connectivity index (χ2v) is 7.39. The number of sulfone groups is 1. The number of halogens is 1. The lowest BCUT2D eigenvalue weighted by Crippen LogP contribution is -2.39. The SMILES string of the molecule is CCNC(=NCc1ccnn1C)NCCS(=O)(=O)c1ccccc1F. The molecule has 1 heterocycles. The first kappa shape index (κ1) is 18.9. The topological polar surface area (TPSA) is 88.4 Å². The van der Waals surface area contributed by atoms with E-state index in [9.17, 15) is 12.8 Å². The van der Waals surface area contributed by atoms with Gasteiger partial charge in [-0.25, -0.2) is 17.8 Å². The van der Waals surface area contributed by atoms with Crippen LogP contribution in [0.5, 0.6) is 0 Å². The lowest BCUT2D eigenvalue weighted by atomic mass is 10.3. The largest absolute Gasteiger partial charge is 0.357 e. The molecule has 0 saturated heterocycles. The molecule has 1 aromatic carbocycles. The maximum absolute atomic E-state index is 13.7. The first-order valence-corrected chi connectivity index (χ1v) is 9.55. The van der Waals surface area contributed by atoms with Crippen molar-refractivity contribution in [1.82, 2.24) is 20.4 Å². The van der Waals surface area contributed by atoms with Crippen LogP contribution in [0.3, 0.4) is 0 Å². The Balaban J connectivity index is 1.97. The molecule has 0 aliphatic carbocycles. The molecule has 0 fully saturated rings. The Morgan fingerprint density at radius 3 is 2.68 bits per heavy atom. The summed E-state index contributed by atoms with van der Waals surface area (Å²) in [6.07, 6.45) is 1.69. The summed E-state index contributed by atoms with van der Waals surface area (Å²) in [5, 5.41) is 10.1. The molecule has 25 heavy (non-hydrogen) atoms. The number of aryl methyl sites for hydroxylation is 1. The highest BCUT2D eigenvalue weighted by atomic mass is 32.2. The molecule has 0 radical (unpaired) electrons. The van der Waals surface area contributed by atoms with Gasteiger partial charge in [-0.15, -0.1) is 0 Å². The van der Waals surface area contributed by atoms with Crippen LogP contribution < -0.4 is 10.6 Å². The number of guanidine groups is 1. The normalized spacial score (nSPS) is 12.2. The summed E-state index contributed by atoms with van der Waals surface area (Å²) in [6.45, 7) is 3.08. The Labute approximate surface area is 146 Å². The van der Waals surface area contributed by atoms with Crippen LogP contribution in [-0.2, 0) is 23.4 Å². The Hall–Kier alpha value is -2.42. The van der Waals surface area contributed by atoms with E-state index in [2.05, 4.69) is 20.7 Å². The molecule has 0 aliphatic heterocycles. The van der Waals surface area contributed by atoms with Gasteiger partial charge in [0.2, 0.25) is 0 Å². The molecule has 2 rings (SSSR count). The molecule has 0 bridgehead atoms. The van der Waals surface area contributed by atoms with Crippen molar-refractivity contribution >= 4 is 15.8 Å². The summed E-state index contributed by atoms with van der Waals surface area (Å²) < 4.78 is 39.8. The average molecular weight is 367 g/mol. The van der Waals surface area contributed by atoms with Gasteiger partial charge in [-0.3, -0.25) is 4.68 Å². The molecule has 1 aromatic heterocycles. The number of hydrogen-bond donors (Lipinski definition) is 2. The molecular weight excluding hydrogens is 345 g/mol. The molecule has 0 unspecified atom stereocenters. The minimum absolute atomic E-state index is 0.119. The number of aliphatic imine (C=N–C) groups is 1. The quantitative estimate of drug-likeness (QED) is 0.565. The van der Waals surface area contributed by atoms with Crippen LogP contribution in [0.15, 0.2) is 46.4 Å². The second kappa shape index (κ2) is 8.61. The highest BCUT2D eigenvalue weighted by Crippen LogP contribution is 2.14. The van der Waals surface area contributed by atoms with Crippen molar-refractivity contribution in [2.45, 2.75) is 18.4 Å². The molecule has 0 amide bonds. The number of rotatable bonds is 7. The minimum Gasteiger partial charge on any atom is -0.357 e. The maximum Gasteiger partial charge on any atom is 0.191 e. The van der Waals surface area contributed by atoms with Crippen molar-refractivity contribution in [3.63, 3.8) is 0 Å². The zero-order valence-electron chi connectivity index (χ0n) is 14.2. The Morgan fingerprint density at radius 1 is 1.28 bits per heavy atom. The highest BCUT2D eigenvalue weighted by molar-refractivity contribution is 7.91. The number of nitrogens with one attached hydrogen (secondary N) is 2. The van der Waals surface area contributed by atoms with E-state index in [1.54, 1.807) is 10.9 Å². The number of nitrogens with zero attached hydrogens (tertiary/aromatic N) is 3. The molecule has 0 atom stereocenters. The predicted octanol–water partition coefficient (Wildman–Crippen LogP) is 1.09. The summed E-state index contributed by atoms with van der Waals surface area (Å²) >= 11 is 0. The number of aromatic nitrogens is 2. The van der Waals surface area contributed by atoms with E-state index in [1.165, 1.54) is 18.2 Å². The standard InChI is InChI=1S/C16H22FN5O2S/c1-3-18-16(20-12-13-8-9-21-22(13)2)19-10-11-25(23,24)15-7-5-4-6-14(15)17/h4-9H,3,10-12H2,1-2H3,(H2,18,19,20). The summed E-state index contributed by atoms with van der Waals surface area (Å²) in [6, 6.07) is 7.23. The van der Waals surface area contributed by atoms with Gasteiger partial charge in [0.1, 0.15) is 10.7 Å². The summed E-state index contributed by atoms with van der Waals surface area (Å²) in [4.78, 5) is 4.11. The van der Waals surface area contributed by atoms with E-state index in [1.807, 2.05) is 20.0 Å². The Kier molecular flexibility index (Phi) is 6.51. The molecular formula is C16H22FN5O2S. The molecule has 2 N–H and O–H groups in total. The fourth-order valence-corrected chi connectivity index (χ4v) is 3.41. The van der Waals surface area contributed by atoms with Gasteiger partial charge < -0.3 is 10.6 Å². The summed E-state index contributed by atoms with van der Waals surface area (Å²) in [5.74, 6) is -0.476. The van der Waals surface area contributed by atoms with Crippen LogP contribution in [0.1, 0.15) is 12.6 Å². The van der Waals surface area contributed by atoms with Crippen LogP contribution in [-0.4, -0.2) is 43.0 Å². The third-order valence-electron chi connectivity index (χ3n) is 3.50. The van der Waals surface area contributed by atoms with E-state index in [4.69, 9.17) is 0 Å². The predicted molar refractivity (Wildman–Crippen MR) is 94.5 cm³/mol. The van der Waals surface area contributed by atoms with Gasteiger partial charge in [0, 0.05) is 26.3 Å². The third-order valence-corrected chi connectivity index (χ3v) is 5.24. The van der Waals surface area contributed by atoms with Gasteiger partial charge in [-0.1, -0.05) is 12.1 Å². The van der Waals surface area contributed by atoms with E-state index >= 15 is 0 Å². The van der Waals surface area contributed by atoms with E-state index in [0.717, 1.165) is 11.8 Å². The first-order valence-electron chi connectivity index (χ1n) is 7.90. The molecule has 9 heteroatoms. The maximum atomic E-state index is 13.7. The van der Waals surface area contributed by atoms with Crippen molar-refractivity contribution in [3.05, 3.63) is 48.0 Å². The average Bonchev–Trinajstić information content (AvgIpc) is 2.98. The fraction of sp³-hybridized carbons (Fsp3) is 0.375. The lowest BCUT2D eigenvalue weighted by molar-refractivity contribution is 0.566. The van der Waals surface area contributed by atoms with E-state index in [-0.39, 0.29) is 17.2 Å². The first-order chi connectivity index (χ1) is 11.9. The minimum atomic E-state index is -3.70. The molecule has 136 valence electrons. The van der Waals surface area contributed by atoms with Gasteiger partial charge in [-0.2, -0.15) is 5.10 Å². The molecule has 0 saturated carbocycles. The third kappa shape index (κ3) is 5.28. The number of benzene rings is 1. The van der Waals surface area contributed by atoms with Gasteiger partial charge in [0.15, 0.2) is 15.8 Å². The summed E-state index contributed by atoms with van der Waals surface area (Å²) in [5.41, 5.74) is 0.927. The molecule has 7 nitrogen and oxygen atoms in total. The van der Waals surface area contributed by atoms with Crippen molar-refractivity contribution < 1.29 is 12.8 Å². The lowest BCUT2D eigenvalue weighted by Gasteiger charge is -2.12. The number of hydrogen-bond acceptors (Lipinski definition) is 4. The van der Waals surface area contributed by atoms with Crippen LogP contribution in [0, 0.1) is 5.82 Å². The van der Waals surface area contributed by atoms with Crippen molar-refractivity contribution in [2.24, 2.45) is 12.0 Å². The van der Waals surface area contributed by atoms with Gasteiger partial charge in [0.25, 0.3) is 0 Å². The highest BCUT2D eigenvalue weighted by Gasteiger charge is 2.18. The second-order valence-electron chi connectivity index (χ2n) is 5.32.